The quantitative estimate of drug-likeness (QED) is 0.381. The van der Waals surface area contributed by atoms with Crippen LogP contribution in [0.5, 0.6) is 0 Å². The summed E-state index contributed by atoms with van der Waals surface area (Å²) in [6.45, 7) is 0.657. The van der Waals surface area contributed by atoms with Crippen LogP contribution in [-0.4, -0.2) is 38.2 Å². The summed E-state index contributed by atoms with van der Waals surface area (Å²) in [6, 6.07) is 0. The third-order valence-corrected chi connectivity index (χ3v) is 15.1. The molecule has 6 fully saturated rings. The molecule has 0 aromatic heterocycles. The minimum Gasteiger partial charge on any atom is -0.212 e. The van der Waals surface area contributed by atoms with Crippen molar-refractivity contribution in [3.63, 3.8) is 0 Å². The van der Waals surface area contributed by atoms with Crippen LogP contribution in [0.25, 0.3) is 0 Å². The normalized spacial score (nSPS) is 24.2. The summed E-state index contributed by atoms with van der Waals surface area (Å²) >= 11 is 0. The summed E-state index contributed by atoms with van der Waals surface area (Å²) in [6.07, 6.45) is 49.3. The van der Waals surface area contributed by atoms with Crippen LogP contribution in [0.3, 0.4) is 0 Å². The maximum Gasteiger partial charge on any atom is 2.00 e. The van der Waals surface area contributed by atoms with Crippen LogP contribution in [0.15, 0.2) is 0 Å². The van der Waals surface area contributed by atoms with E-state index in [1.807, 2.05) is 96.3 Å². The van der Waals surface area contributed by atoms with Gasteiger partial charge >= 0.3 is 51.2 Å². The van der Waals surface area contributed by atoms with E-state index in [9.17, 15) is 25.3 Å². The van der Waals surface area contributed by atoms with Crippen LogP contribution in [0.4, 0.5) is 0 Å². The number of hydrogen-bond donors (Lipinski definition) is 0. The molecule has 1 aromatic rings. The first-order chi connectivity index (χ1) is 26.1. The zero-order valence-electron chi connectivity index (χ0n) is 30.4. The molecule has 10 rings (SSSR count). The maximum atomic E-state index is 13.4. The molecule has 9 nitrogen and oxygen atoms in total. The Bertz CT molecular complexity index is 1470. The summed E-state index contributed by atoms with van der Waals surface area (Å²) in [7, 11) is -11.3. The molecular formula is C42H39Fe3N3O6S3+6. The molecule has 294 valence electrons. The van der Waals surface area contributed by atoms with Gasteiger partial charge < -0.3 is 0 Å². The fraction of sp³-hybridized carbons (Fsp3) is 0.143. The van der Waals surface area contributed by atoms with E-state index in [4.69, 9.17) is 0 Å². The van der Waals surface area contributed by atoms with Crippen LogP contribution in [-0.2, 0) is 121 Å². The average molecular weight is 946 g/mol. The SMILES string of the molecule is O=S(=O)([C]1[CH][CH][CH][CH]1)N1Cc2c3c(c4c(c2C1)CN(S(=O)(=O)[C]1[CH][CH][CH][CH]1)C4)CN(S(=O)(=O)[C]1[CH][CH][CH][CH]1)C3.[CH]1[CH][CH][CH][CH]1.[CH]1[CH][CH][CH][CH]1.[CH]1[CH][CH][CH][CH]1.[Fe+2].[Fe+2].[Fe+2]. The van der Waals surface area contributed by atoms with Gasteiger partial charge in [0.05, 0.1) is 0 Å². The Kier molecular flexibility index (Phi) is 20.0. The number of hydrogen-bond acceptors (Lipinski definition) is 6. The summed E-state index contributed by atoms with van der Waals surface area (Å²) in [5.41, 5.74) is 4.70. The molecule has 57 heavy (non-hydrogen) atoms. The van der Waals surface area contributed by atoms with Crippen molar-refractivity contribution < 1.29 is 76.5 Å². The van der Waals surface area contributed by atoms with E-state index in [-0.39, 0.29) is 106 Å². The number of fused-ring (bicyclic) bond motifs is 6. The molecular weight excluding hydrogens is 906 g/mol. The molecule has 0 atom stereocenters. The second kappa shape index (κ2) is 22.7. The van der Waals surface area contributed by atoms with Gasteiger partial charge in [-0.05, 0) is 207 Å². The molecule has 0 amide bonds. The molecule has 3 aliphatic heterocycles. The fourth-order valence-electron chi connectivity index (χ4n) is 6.97. The number of benzene rings is 1. The van der Waals surface area contributed by atoms with Crippen LogP contribution in [0.1, 0.15) is 33.4 Å². The van der Waals surface area contributed by atoms with Gasteiger partial charge in [0.25, 0.3) is 0 Å². The molecule has 9 aliphatic rings. The molecule has 1 aromatic carbocycles. The Hall–Kier alpha value is 0.508. The molecule has 3 heterocycles. The molecule has 0 unspecified atom stereocenters. The van der Waals surface area contributed by atoms with Crippen LogP contribution < -0.4 is 0 Å². The fourth-order valence-corrected chi connectivity index (χ4v) is 11.2. The Morgan fingerprint density at radius 2 is 0.404 bits per heavy atom. The van der Waals surface area contributed by atoms with Gasteiger partial charge in [0.1, 0.15) is 15.7 Å². The maximum absolute atomic E-state index is 13.4. The molecule has 0 N–H and O–H groups in total. The van der Waals surface area contributed by atoms with E-state index in [0.29, 0.717) is 0 Å². The average Bonchev–Trinajstić information content (AvgIpc) is 4.04. The molecule has 0 saturated heterocycles. The minimum absolute atomic E-state index is 0. The summed E-state index contributed by atoms with van der Waals surface area (Å²) in [5, 5.41) is 0.596. The molecule has 6 aliphatic carbocycles. The molecule has 30 radical (unpaired) electrons. The van der Waals surface area contributed by atoms with Gasteiger partial charge in [0.2, 0.25) is 30.1 Å². The molecule has 15 heteroatoms. The molecule has 0 bridgehead atoms. The Morgan fingerprint density at radius 3 is 0.544 bits per heavy atom. The third kappa shape index (κ3) is 11.6. The third-order valence-electron chi connectivity index (χ3n) is 9.67. The second-order valence-corrected chi connectivity index (χ2v) is 18.8. The zero-order chi connectivity index (χ0) is 37.8. The standard InChI is InChI=1S/C27H24N3O6S3.3C5H5.3Fe/c31-37(32,19-7-1-2-8-19)28-13-22-23(14-28)25-16-30(39(35,36)21-11-5-6-12-21)18-27(25)26-17-29(15-24(22)26)38(33,34)20-9-3-4-10-20;3*1-2-4-5-3-1;;;/h1-12H,13-18H2;3*1-5H;;;/q;;;;3*+2. The van der Waals surface area contributed by atoms with E-state index < -0.39 is 30.1 Å². The van der Waals surface area contributed by atoms with E-state index in [1.165, 1.54) is 12.9 Å². The largest absolute Gasteiger partial charge is 2.00 e. The van der Waals surface area contributed by atoms with Crippen molar-refractivity contribution in [2.45, 2.75) is 39.3 Å². The minimum atomic E-state index is -3.78. The summed E-state index contributed by atoms with van der Waals surface area (Å²) in [5.74, 6) is 0. The van der Waals surface area contributed by atoms with Crippen molar-refractivity contribution >= 4 is 30.1 Å². The van der Waals surface area contributed by atoms with Crippen LogP contribution in [0.2, 0.25) is 0 Å². The van der Waals surface area contributed by atoms with Crippen molar-refractivity contribution in [1.29, 1.82) is 0 Å². The molecule has 0 spiro atoms. The summed E-state index contributed by atoms with van der Waals surface area (Å²) < 4.78 is 84.8. The van der Waals surface area contributed by atoms with E-state index in [0.717, 1.165) is 33.4 Å². The zero-order valence-corrected chi connectivity index (χ0v) is 36.2. The predicted octanol–water partition coefficient (Wildman–Crippen LogP) is 4.77. The molecule has 6 saturated carbocycles. The second-order valence-electron chi connectivity index (χ2n) is 12.9. The summed E-state index contributed by atoms with van der Waals surface area (Å²) in [4.78, 5) is 0. The van der Waals surface area contributed by atoms with Crippen molar-refractivity contribution in [1.82, 2.24) is 12.9 Å². The van der Waals surface area contributed by atoms with Gasteiger partial charge in [0, 0.05) is 39.3 Å². The number of rotatable bonds is 6. The van der Waals surface area contributed by atoms with Gasteiger partial charge in [-0.1, -0.05) is 0 Å². The van der Waals surface area contributed by atoms with Gasteiger partial charge in [-0.3, -0.25) is 0 Å². The van der Waals surface area contributed by atoms with Crippen molar-refractivity contribution in [3.8, 4) is 0 Å². The van der Waals surface area contributed by atoms with Crippen molar-refractivity contribution in [2.24, 2.45) is 0 Å². The number of nitrogens with zero attached hydrogens (tertiary/aromatic N) is 3. The van der Waals surface area contributed by atoms with Gasteiger partial charge in [-0.25, -0.2) is 25.3 Å². The van der Waals surface area contributed by atoms with Crippen molar-refractivity contribution in [3.05, 3.63) is 222 Å². The van der Waals surface area contributed by atoms with Gasteiger partial charge in [-0.15, -0.1) is 0 Å². The Balaban J connectivity index is 0.000000335. The number of sulfonamides is 3. The first kappa shape index (κ1) is 50.2. The first-order valence-electron chi connectivity index (χ1n) is 17.4. The van der Waals surface area contributed by atoms with Crippen molar-refractivity contribution in [2.75, 3.05) is 0 Å². The van der Waals surface area contributed by atoms with E-state index >= 15 is 0 Å². The topological polar surface area (TPSA) is 112 Å². The van der Waals surface area contributed by atoms with Crippen LogP contribution in [0, 0.1) is 189 Å². The van der Waals surface area contributed by atoms with E-state index in [2.05, 4.69) is 0 Å². The predicted molar refractivity (Wildman–Crippen MR) is 207 cm³/mol. The monoisotopic (exact) mass is 945 g/mol. The van der Waals surface area contributed by atoms with Gasteiger partial charge in [0.15, 0.2) is 0 Å². The van der Waals surface area contributed by atoms with Crippen LogP contribution >= 0.6 is 0 Å². The first-order valence-corrected chi connectivity index (χ1v) is 21.7. The smallest absolute Gasteiger partial charge is 0.212 e. The Labute approximate surface area is 378 Å². The van der Waals surface area contributed by atoms with Gasteiger partial charge in [-0.2, -0.15) is 12.9 Å². The van der Waals surface area contributed by atoms with E-state index in [1.54, 1.807) is 77.0 Å². The Morgan fingerprint density at radius 1 is 0.263 bits per heavy atom.